The Morgan fingerprint density at radius 1 is 1.50 bits per heavy atom. The van der Waals surface area contributed by atoms with Crippen LogP contribution in [-0.2, 0) is 0 Å². The van der Waals surface area contributed by atoms with Gasteiger partial charge in [0, 0.05) is 28.6 Å². The second kappa shape index (κ2) is 4.93. The number of hydrogen-bond acceptors (Lipinski definition) is 3. The number of halogens is 1. The van der Waals surface area contributed by atoms with Gasteiger partial charge in [0.15, 0.2) is 0 Å². The minimum Gasteiger partial charge on any atom is -0.316 e. The molecule has 2 rings (SSSR count). The summed E-state index contributed by atoms with van der Waals surface area (Å²) in [6.45, 7) is 1.85. The molecule has 0 bridgehead atoms. The van der Waals surface area contributed by atoms with Crippen LogP contribution in [0.1, 0.15) is 24.3 Å². The summed E-state index contributed by atoms with van der Waals surface area (Å²) < 4.78 is 0.756. The van der Waals surface area contributed by atoms with Crippen molar-refractivity contribution < 1.29 is 4.92 Å². The van der Waals surface area contributed by atoms with Gasteiger partial charge in [0.2, 0.25) is 0 Å². The second-order valence-corrected chi connectivity index (χ2v) is 4.92. The normalized spacial score (nSPS) is 20.7. The number of nitro benzene ring substituents is 1. The smallest absolute Gasteiger partial charge is 0.274 e. The van der Waals surface area contributed by atoms with E-state index >= 15 is 0 Å². The van der Waals surface area contributed by atoms with Crippen molar-refractivity contribution in [3.8, 4) is 0 Å². The molecule has 1 fully saturated rings. The van der Waals surface area contributed by atoms with E-state index < -0.39 is 0 Å². The molecule has 1 aromatic rings. The molecule has 1 aliphatic heterocycles. The van der Waals surface area contributed by atoms with Gasteiger partial charge >= 0.3 is 0 Å². The zero-order valence-corrected chi connectivity index (χ0v) is 10.4. The summed E-state index contributed by atoms with van der Waals surface area (Å²) in [5.41, 5.74) is 1.07. The zero-order valence-electron chi connectivity index (χ0n) is 8.78. The van der Waals surface area contributed by atoms with Crippen LogP contribution in [0.15, 0.2) is 22.7 Å². The fourth-order valence-electron chi connectivity index (χ4n) is 2.14. The Kier molecular flexibility index (Phi) is 3.56. The maximum Gasteiger partial charge on any atom is 0.274 e. The van der Waals surface area contributed by atoms with Gasteiger partial charge in [0.05, 0.1) is 4.92 Å². The van der Waals surface area contributed by atoms with E-state index in [1.54, 1.807) is 6.07 Å². The van der Waals surface area contributed by atoms with Crippen molar-refractivity contribution in [3.63, 3.8) is 0 Å². The van der Waals surface area contributed by atoms with E-state index in [0.717, 1.165) is 36.0 Å². The molecular weight excluding hydrogens is 272 g/mol. The molecular formula is C11H13BrN2O2. The topological polar surface area (TPSA) is 55.2 Å². The van der Waals surface area contributed by atoms with Crippen LogP contribution in [-0.4, -0.2) is 18.0 Å². The lowest BCUT2D eigenvalue weighted by atomic mass is 9.90. The first-order valence-electron chi connectivity index (χ1n) is 5.33. The van der Waals surface area contributed by atoms with Gasteiger partial charge in [0.1, 0.15) is 0 Å². The number of nitro groups is 1. The van der Waals surface area contributed by atoms with Crippen LogP contribution in [0.2, 0.25) is 0 Å². The van der Waals surface area contributed by atoms with Gasteiger partial charge in [-0.1, -0.05) is 22.0 Å². The Morgan fingerprint density at radius 2 is 2.31 bits per heavy atom. The quantitative estimate of drug-likeness (QED) is 0.671. The Balaban J connectivity index is 2.34. The molecule has 0 amide bonds. The third-order valence-electron chi connectivity index (χ3n) is 2.93. The molecule has 4 nitrogen and oxygen atoms in total. The van der Waals surface area contributed by atoms with E-state index in [-0.39, 0.29) is 16.5 Å². The molecule has 5 heteroatoms. The lowest BCUT2D eigenvalue weighted by molar-refractivity contribution is -0.385. The standard InChI is InChI=1S/C11H13BrN2O2/c12-9-3-4-10(11(6-9)14(15)16)8-2-1-5-13-7-8/h3-4,6,8,13H,1-2,5,7H2. The summed E-state index contributed by atoms with van der Waals surface area (Å²) in [5.74, 6) is 0.266. The van der Waals surface area contributed by atoms with Gasteiger partial charge in [-0.15, -0.1) is 0 Å². The predicted octanol–water partition coefficient (Wildman–Crippen LogP) is 2.82. The van der Waals surface area contributed by atoms with E-state index in [2.05, 4.69) is 21.2 Å². The van der Waals surface area contributed by atoms with Crippen molar-refractivity contribution in [1.29, 1.82) is 0 Å². The van der Waals surface area contributed by atoms with Crippen molar-refractivity contribution in [2.45, 2.75) is 18.8 Å². The van der Waals surface area contributed by atoms with Crippen LogP contribution in [0, 0.1) is 10.1 Å². The molecule has 0 aromatic heterocycles. The SMILES string of the molecule is O=[N+]([O-])c1cc(Br)ccc1C1CCCNC1. The average molecular weight is 285 g/mol. The third kappa shape index (κ3) is 2.41. The van der Waals surface area contributed by atoms with Gasteiger partial charge in [-0.25, -0.2) is 0 Å². The van der Waals surface area contributed by atoms with Crippen LogP contribution in [0.4, 0.5) is 5.69 Å². The lowest BCUT2D eigenvalue weighted by Gasteiger charge is -2.22. The molecule has 0 saturated carbocycles. The summed E-state index contributed by atoms with van der Waals surface area (Å²) in [4.78, 5) is 10.7. The average Bonchev–Trinajstić information content (AvgIpc) is 2.30. The first-order valence-corrected chi connectivity index (χ1v) is 6.12. The van der Waals surface area contributed by atoms with Crippen molar-refractivity contribution >= 4 is 21.6 Å². The van der Waals surface area contributed by atoms with Gasteiger partial charge in [-0.2, -0.15) is 0 Å². The highest BCUT2D eigenvalue weighted by Gasteiger charge is 2.23. The molecule has 1 saturated heterocycles. The molecule has 1 aromatic carbocycles. The van der Waals surface area contributed by atoms with E-state index in [1.807, 2.05) is 12.1 Å². The highest BCUT2D eigenvalue weighted by Crippen LogP contribution is 2.32. The summed E-state index contributed by atoms with van der Waals surface area (Å²) in [6.07, 6.45) is 2.10. The summed E-state index contributed by atoms with van der Waals surface area (Å²) in [6, 6.07) is 5.32. The predicted molar refractivity (Wildman–Crippen MR) is 65.6 cm³/mol. The number of nitrogens with one attached hydrogen (secondary N) is 1. The molecule has 0 radical (unpaired) electrons. The summed E-state index contributed by atoms with van der Waals surface area (Å²) in [5, 5.41) is 14.3. The maximum absolute atomic E-state index is 11.0. The number of benzene rings is 1. The first kappa shape index (κ1) is 11.5. The van der Waals surface area contributed by atoms with Crippen LogP contribution < -0.4 is 5.32 Å². The summed E-state index contributed by atoms with van der Waals surface area (Å²) >= 11 is 3.27. The van der Waals surface area contributed by atoms with Crippen molar-refractivity contribution in [3.05, 3.63) is 38.3 Å². The first-order chi connectivity index (χ1) is 7.68. The minimum absolute atomic E-state index is 0.225. The Morgan fingerprint density at radius 3 is 2.94 bits per heavy atom. The van der Waals surface area contributed by atoms with Crippen molar-refractivity contribution in [2.75, 3.05) is 13.1 Å². The van der Waals surface area contributed by atoms with E-state index in [0.29, 0.717) is 0 Å². The Labute approximate surface area is 102 Å². The Hall–Kier alpha value is -0.940. The van der Waals surface area contributed by atoms with Gasteiger partial charge in [0.25, 0.3) is 5.69 Å². The number of hydrogen-bond donors (Lipinski definition) is 1. The van der Waals surface area contributed by atoms with Crippen molar-refractivity contribution in [2.24, 2.45) is 0 Å². The number of piperidine rings is 1. The molecule has 16 heavy (non-hydrogen) atoms. The fraction of sp³-hybridized carbons (Fsp3) is 0.455. The van der Waals surface area contributed by atoms with Crippen LogP contribution >= 0.6 is 15.9 Å². The van der Waals surface area contributed by atoms with E-state index in [9.17, 15) is 10.1 Å². The Bertz CT molecular complexity index is 403. The molecule has 1 aliphatic rings. The minimum atomic E-state index is -0.297. The van der Waals surface area contributed by atoms with Crippen molar-refractivity contribution in [1.82, 2.24) is 5.32 Å². The molecule has 1 atom stereocenters. The van der Waals surface area contributed by atoms with Gasteiger partial charge in [-0.3, -0.25) is 10.1 Å². The van der Waals surface area contributed by atoms with E-state index in [1.165, 1.54) is 0 Å². The molecule has 0 spiro atoms. The number of rotatable bonds is 2. The number of nitrogens with zero attached hydrogens (tertiary/aromatic N) is 1. The third-order valence-corrected chi connectivity index (χ3v) is 3.42. The molecule has 86 valence electrons. The lowest BCUT2D eigenvalue weighted by Crippen LogP contribution is -2.28. The monoisotopic (exact) mass is 284 g/mol. The molecule has 1 N–H and O–H groups in total. The molecule has 0 aliphatic carbocycles. The molecule has 1 unspecified atom stereocenters. The highest BCUT2D eigenvalue weighted by atomic mass is 79.9. The van der Waals surface area contributed by atoms with Crippen LogP contribution in [0.5, 0.6) is 0 Å². The van der Waals surface area contributed by atoms with Crippen LogP contribution in [0.25, 0.3) is 0 Å². The van der Waals surface area contributed by atoms with Crippen LogP contribution in [0.3, 0.4) is 0 Å². The maximum atomic E-state index is 11.0. The summed E-state index contributed by atoms with van der Waals surface area (Å²) in [7, 11) is 0. The fourth-order valence-corrected chi connectivity index (χ4v) is 2.49. The largest absolute Gasteiger partial charge is 0.316 e. The highest BCUT2D eigenvalue weighted by molar-refractivity contribution is 9.10. The van der Waals surface area contributed by atoms with Gasteiger partial charge < -0.3 is 5.32 Å². The van der Waals surface area contributed by atoms with E-state index in [4.69, 9.17) is 0 Å². The molecule has 1 heterocycles. The van der Waals surface area contributed by atoms with Gasteiger partial charge in [-0.05, 0) is 25.5 Å². The zero-order chi connectivity index (χ0) is 11.5. The second-order valence-electron chi connectivity index (χ2n) is 4.00.